The standard InChI is InChI=1S/C23H22N2O/c26-23(24-21-15-14-17-12-7-13-20(17)16-21)25-22(18-8-3-1-4-9-18)19-10-5-2-6-11-19/h1-6,8-11,14-16,22H,7,12-13H2,(H2,24,25,26). The number of carbonyl (C=O) groups is 1. The molecule has 3 aromatic carbocycles. The Hall–Kier alpha value is -3.07. The van der Waals surface area contributed by atoms with Gasteiger partial charge in [0, 0.05) is 5.69 Å². The second-order valence-corrected chi connectivity index (χ2v) is 6.69. The van der Waals surface area contributed by atoms with Gasteiger partial charge in [-0.3, -0.25) is 0 Å². The van der Waals surface area contributed by atoms with Gasteiger partial charge in [-0.2, -0.15) is 0 Å². The smallest absolute Gasteiger partial charge is 0.319 e. The Morgan fingerprint density at radius 1 is 0.769 bits per heavy atom. The van der Waals surface area contributed by atoms with Crippen molar-refractivity contribution in [1.29, 1.82) is 0 Å². The van der Waals surface area contributed by atoms with Gasteiger partial charge in [-0.05, 0) is 53.6 Å². The Balaban J connectivity index is 1.53. The van der Waals surface area contributed by atoms with Crippen LogP contribution in [0, 0.1) is 0 Å². The monoisotopic (exact) mass is 342 g/mol. The van der Waals surface area contributed by atoms with Crippen molar-refractivity contribution in [2.45, 2.75) is 25.3 Å². The van der Waals surface area contributed by atoms with E-state index in [1.165, 1.54) is 17.5 Å². The zero-order chi connectivity index (χ0) is 17.8. The molecule has 0 spiro atoms. The predicted molar refractivity (Wildman–Crippen MR) is 105 cm³/mol. The average Bonchev–Trinajstić information content (AvgIpc) is 3.15. The van der Waals surface area contributed by atoms with Crippen molar-refractivity contribution in [1.82, 2.24) is 5.32 Å². The van der Waals surface area contributed by atoms with E-state index in [1.807, 2.05) is 66.7 Å². The van der Waals surface area contributed by atoms with Crippen LogP contribution in [-0.2, 0) is 12.8 Å². The molecule has 3 aromatic rings. The molecule has 0 saturated carbocycles. The summed E-state index contributed by atoms with van der Waals surface area (Å²) >= 11 is 0. The van der Waals surface area contributed by atoms with E-state index < -0.39 is 0 Å². The molecular weight excluding hydrogens is 320 g/mol. The molecule has 0 heterocycles. The van der Waals surface area contributed by atoms with Crippen LogP contribution >= 0.6 is 0 Å². The number of nitrogens with one attached hydrogen (secondary N) is 2. The molecule has 26 heavy (non-hydrogen) atoms. The Labute approximate surface area is 154 Å². The molecule has 0 unspecified atom stereocenters. The normalized spacial score (nSPS) is 12.7. The molecular formula is C23H22N2O. The van der Waals surface area contributed by atoms with E-state index >= 15 is 0 Å². The maximum atomic E-state index is 12.6. The van der Waals surface area contributed by atoms with Crippen LogP contribution in [0.25, 0.3) is 0 Å². The Bertz CT molecular complexity index is 851. The third-order valence-corrected chi connectivity index (χ3v) is 4.90. The number of anilines is 1. The van der Waals surface area contributed by atoms with Crippen molar-refractivity contribution in [3.05, 3.63) is 101 Å². The van der Waals surface area contributed by atoms with Crippen LogP contribution in [0.15, 0.2) is 78.9 Å². The number of aryl methyl sites for hydroxylation is 2. The van der Waals surface area contributed by atoms with Crippen LogP contribution in [0.2, 0.25) is 0 Å². The quantitative estimate of drug-likeness (QED) is 0.681. The molecule has 0 radical (unpaired) electrons. The highest BCUT2D eigenvalue weighted by Crippen LogP contribution is 2.25. The number of hydrogen-bond acceptors (Lipinski definition) is 1. The van der Waals surface area contributed by atoms with E-state index in [9.17, 15) is 4.79 Å². The first kappa shape index (κ1) is 16.4. The summed E-state index contributed by atoms with van der Waals surface area (Å²) in [5.41, 5.74) is 5.72. The highest BCUT2D eigenvalue weighted by molar-refractivity contribution is 5.90. The molecule has 0 bridgehead atoms. The molecule has 3 heteroatoms. The van der Waals surface area contributed by atoms with E-state index in [0.717, 1.165) is 29.7 Å². The van der Waals surface area contributed by atoms with Gasteiger partial charge in [0.2, 0.25) is 0 Å². The highest BCUT2D eigenvalue weighted by Gasteiger charge is 2.17. The van der Waals surface area contributed by atoms with Gasteiger partial charge in [-0.15, -0.1) is 0 Å². The topological polar surface area (TPSA) is 41.1 Å². The maximum absolute atomic E-state index is 12.6. The Morgan fingerprint density at radius 3 is 2.04 bits per heavy atom. The van der Waals surface area contributed by atoms with Gasteiger partial charge < -0.3 is 10.6 Å². The van der Waals surface area contributed by atoms with Gasteiger partial charge in [0.15, 0.2) is 0 Å². The molecule has 1 aliphatic rings. The van der Waals surface area contributed by atoms with Crippen molar-refractivity contribution in [2.24, 2.45) is 0 Å². The van der Waals surface area contributed by atoms with Gasteiger partial charge in [0.25, 0.3) is 0 Å². The van der Waals surface area contributed by atoms with Crippen LogP contribution in [0.4, 0.5) is 10.5 Å². The number of hydrogen-bond donors (Lipinski definition) is 2. The van der Waals surface area contributed by atoms with Crippen molar-refractivity contribution in [3.63, 3.8) is 0 Å². The molecule has 0 aromatic heterocycles. The van der Waals surface area contributed by atoms with Gasteiger partial charge in [-0.25, -0.2) is 4.79 Å². The van der Waals surface area contributed by atoms with E-state index in [2.05, 4.69) is 22.8 Å². The summed E-state index contributed by atoms with van der Waals surface area (Å²) in [7, 11) is 0. The SMILES string of the molecule is O=C(Nc1ccc2c(c1)CCC2)NC(c1ccccc1)c1ccccc1. The Morgan fingerprint density at radius 2 is 1.38 bits per heavy atom. The molecule has 0 saturated heterocycles. The molecule has 3 nitrogen and oxygen atoms in total. The van der Waals surface area contributed by atoms with Gasteiger partial charge in [-0.1, -0.05) is 66.7 Å². The Kier molecular flexibility index (Phi) is 4.69. The number of rotatable bonds is 4. The van der Waals surface area contributed by atoms with Gasteiger partial charge in [0.1, 0.15) is 0 Å². The molecule has 0 aliphatic heterocycles. The van der Waals surface area contributed by atoms with Gasteiger partial charge in [0.05, 0.1) is 6.04 Å². The lowest BCUT2D eigenvalue weighted by Gasteiger charge is -2.20. The fraction of sp³-hybridized carbons (Fsp3) is 0.174. The summed E-state index contributed by atoms with van der Waals surface area (Å²) in [6, 6.07) is 25.9. The van der Waals surface area contributed by atoms with E-state index in [-0.39, 0.29) is 12.1 Å². The molecule has 0 fully saturated rings. The first-order valence-corrected chi connectivity index (χ1v) is 9.09. The number of amides is 2. The number of carbonyl (C=O) groups excluding carboxylic acids is 1. The number of benzene rings is 3. The van der Waals surface area contributed by atoms with Crippen molar-refractivity contribution >= 4 is 11.7 Å². The lowest BCUT2D eigenvalue weighted by Crippen LogP contribution is -2.33. The minimum absolute atomic E-state index is 0.188. The fourth-order valence-electron chi connectivity index (χ4n) is 3.60. The summed E-state index contributed by atoms with van der Waals surface area (Å²) in [6.45, 7) is 0. The van der Waals surface area contributed by atoms with Crippen molar-refractivity contribution in [2.75, 3.05) is 5.32 Å². The van der Waals surface area contributed by atoms with Crippen LogP contribution < -0.4 is 10.6 Å². The zero-order valence-electron chi connectivity index (χ0n) is 14.6. The summed E-state index contributed by atoms with van der Waals surface area (Å²) in [4.78, 5) is 12.6. The highest BCUT2D eigenvalue weighted by atomic mass is 16.2. The summed E-state index contributed by atoms with van der Waals surface area (Å²) in [6.07, 6.45) is 3.45. The summed E-state index contributed by atoms with van der Waals surface area (Å²) in [5, 5.41) is 6.11. The second kappa shape index (κ2) is 7.44. The first-order chi connectivity index (χ1) is 12.8. The summed E-state index contributed by atoms with van der Waals surface area (Å²) in [5.74, 6) is 0. The van der Waals surface area contributed by atoms with Crippen LogP contribution in [0.5, 0.6) is 0 Å². The van der Waals surface area contributed by atoms with Crippen LogP contribution in [0.1, 0.15) is 34.7 Å². The van der Waals surface area contributed by atoms with Crippen LogP contribution in [-0.4, -0.2) is 6.03 Å². The molecule has 130 valence electrons. The first-order valence-electron chi connectivity index (χ1n) is 9.09. The van der Waals surface area contributed by atoms with E-state index in [1.54, 1.807) is 0 Å². The minimum Gasteiger partial charge on any atom is -0.327 e. The summed E-state index contributed by atoms with van der Waals surface area (Å²) < 4.78 is 0. The van der Waals surface area contributed by atoms with E-state index in [4.69, 9.17) is 0 Å². The van der Waals surface area contributed by atoms with Crippen LogP contribution in [0.3, 0.4) is 0 Å². The third kappa shape index (κ3) is 3.62. The minimum atomic E-state index is -0.194. The molecule has 2 N–H and O–H groups in total. The molecule has 4 rings (SSSR count). The fourth-order valence-corrected chi connectivity index (χ4v) is 3.60. The van der Waals surface area contributed by atoms with E-state index in [0.29, 0.717) is 0 Å². The largest absolute Gasteiger partial charge is 0.327 e. The molecule has 0 atom stereocenters. The van der Waals surface area contributed by atoms with Crippen molar-refractivity contribution in [3.8, 4) is 0 Å². The molecule has 2 amide bonds. The second-order valence-electron chi connectivity index (χ2n) is 6.69. The third-order valence-electron chi connectivity index (χ3n) is 4.90. The lowest BCUT2D eigenvalue weighted by atomic mass is 9.99. The predicted octanol–water partition coefficient (Wildman–Crippen LogP) is 5.09. The zero-order valence-corrected chi connectivity index (χ0v) is 14.6. The molecule has 1 aliphatic carbocycles. The van der Waals surface area contributed by atoms with Gasteiger partial charge >= 0.3 is 6.03 Å². The maximum Gasteiger partial charge on any atom is 0.319 e. The average molecular weight is 342 g/mol. The number of urea groups is 1. The van der Waals surface area contributed by atoms with Crippen molar-refractivity contribution < 1.29 is 4.79 Å². The lowest BCUT2D eigenvalue weighted by molar-refractivity contribution is 0.250. The number of fused-ring (bicyclic) bond motifs is 1.